The van der Waals surface area contributed by atoms with Crippen molar-refractivity contribution in [1.29, 1.82) is 0 Å². The Morgan fingerprint density at radius 3 is 3.20 bits per heavy atom. The number of nitrogens with one attached hydrogen (secondary N) is 2. The molecule has 2 rings (SSSR count). The first kappa shape index (κ1) is 5.53. The molecule has 10 heavy (non-hydrogen) atoms. The number of aromatic nitrogens is 1. The summed E-state index contributed by atoms with van der Waals surface area (Å²) in [7, 11) is 0. The van der Waals surface area contributed by atoms with Crippen molar-refractivity contribution >= 4 is 5.69 Å². The van der Waals surface area contributed by atoms with Gasteiger partial charge in [-0.25, -0.2) is 0 Å². The van der Waals surface area contributed by atoms with E-state index in [9.17, 15) is 4.79 Å². The smallest absolute Gasteiger partial charge is 0.204 e. The minimum absolute atomic E-state index is 0.0891. The van der Waals surface area contributed by atoms with Crippen LogP contribution in [0.15, 0.2) is 17.1 Å². The van der Waals surface area contributed by atoms with Crippen LogP contribution in [0, 0.1) is 0 Å². The molecule has 0 fully saturated rings. The fourth-order valence-electron chi connectivity index (χ4n) is 1.23. The van der Waals surface area contributed by atoms with Gasteiger partial charge >= 0.3 is 0 Å². The van der Waals surface area contributed by atoms with Crippen LogP contribution >= 0.6 is 0 Å². The summed E-state index contributed by atoms with van der Waals surface area (Å²) in [6, 6.07) is 1.54. The average Bonchev–Trinajstić information content (AvgIpc) is 2.36. The van der Waals surface area contributed by atoms with Gasteiger partial charge in [0.2, 0.25) is 5.43 Å². The molecule has 3 heteroatoms. The molecule has 0 atom stereocenters. The Hall–Kier alpha value is -1.25. The van der Waals surface area contributed by atoms with Crippen molar-refractivity contribution in [3.63, 3.8) is 0 Å². The molecule has 0 aromatic carbocycles. The highest BCUT2D eigenvalue weighted by Gasteiger charge is 2.11. The second-order valence-corrected chi connectivity index (χ2v) is 2.37. The van der Waals surface area contributed by atoms with E-state index in [1.807, 2.05) is 0 Å². The lowest BCUT2D eigenvalue weighted by Gasteiger charge is -1.94. The van der Waals surface area contributed by atoms with E-state index < -0.39 is 0 Å². The number of hydrogen-bond donors (Lipinski definition) is 2. The predicted molar refractivity (Wildman–Crippen MR) is 39.3 cm³/mol. The maximum absolute atomic E-state index is 11.0. The van der Waals surface area contributed by atoms with E-state index in [0.29, 0.717) is 0 Å². The minimum atomic E-state index is 0.0891. The Labute approximate surface area is 58.1 Å². The van der Waals surface area contributed by atoms with E-state index in [2.05, 4.69) is 10.3 Å². The molecule has 0 saturated heterocycles. The first-order chi connectivity index (χ1) is 4.88. The maximum atomic E-state index is 11.0. The summed E-state index contributed by atoms with van der Waals surface area (Å²) in [5, 5.41) is 3.02. The van der Waals surface area contributed by atoms with E-state index in [4.69, 9.17) is 0 Å². The third-order valence-corrected chi connectivity index (χ3v) is 1.72. The summed E-state index contributed by atoms with van der Waals surface area (Å²) >= 11 is 0. The molecule has 0 radical (unpaired) electrons. The first-order valence-corrected chi connectivity index (χ1v) is 3.32. The van der Waals surface area contributed by atoms with Crippen LogP contribution < -0.4 is 10.7 Å². The molecule has 1 aromatic rings. The quantitative estimate of drug-likeness (QED) is 0.540. The molecule has 0 unspecified atom stereocenters. The second-order valence-electron chi connectivity index (χ2n) is 2.37. The number of rotatable bonds is 0. The van der Waals surface area contributed by atoms with Crippen LogP contribution in [0.4, 0.5) is 5.69 Å². The Kier molecular flexibility index (Phi) is 1.03. The number of anilines is 1. The molecule has 0 bridgehead atoms. The third-order valence-electron chi connectivity index (χ3n) is 1.72. The van der Waals surface area contributed by atoms with Crippen LogP contribution in [0.5, 0.6) is 0 Å². The summed E-state index contributed by atoms with van der Waals surface area (Å²) in [6.45, 7) is 0.880. The van der Waals surface area contributed by atoms with Gasteiger partial charge < -0.3 is 10.3 Å². The number of fused-ring (bicyclic) bond motifs is 1. The Bertz CT molecular complexity index is 303. The molecule has 0 spiro atoms. The summed E-state index contributed by atoms with van der Waals surface area (Å²) in [5.41, 5.74) is 1.88. The van der Waals surface area contributed by atoms with Crippen molar-refractivity contribution in [3.8, 4) is 0 Å². The van der Waals surface area contributed by atoms with E-state index >= 15 is 0 Å². The fraction of sp³-hybridized carbons (Fsp3) is 0.286. The van der Waals surface area contributed by atoms with E-state index in [-0.39, 0.29) is 5.43 Å². The lowest BCUT2D eigenvalue weighted by atomic mass is 10.3. The number of aromatic amines is 1. The van der Waals surface area contributed by atoms with Gasteiger partial charge in [0.25, 0.3) is 0 Å². The van der Waals surface area contributed by atoms with Crippen LogP contribution in [-0.4, -0.2) is 11.5 Å². The van der Waals surface area contributed by atoms with Crippen LogP contribution in [0.2, 0.25) is 0 Å². The van der Waals surface area contributed by atoms with Gasteiger partial charge in [0.05, 0.1) is 0 Å². The van der Waals surface area contributed by atoms with Gasteiger partial charge in [-0.2, -0.15) is 0 Å². The zero-order valence-electron chi connectivity index (χ0n) is 5.48. The molecule has 3 nitrogen and oxygen atoms in total. The maximum Gasteiger partial charge on any atom is 0.204 e. The highest BCUT2D eigenvalue weighted by Crippen LogP contribution is 2.12. The Morgan fingerprint density at radius 1 is 1.50 bits per heavy atom. The Morgan fingerprint density at radius 2 is 2.40 bits per heavy atom. The summed E-state index contributed by atoms with van der Waals surface area (Å²) in [6.07, 6.45) is 2.62. The zero-order valence-corrected chi connectivity index (χ0v) is 5.48. The average molecular weight is 136 g/mol. The first-order valence-electron chi connectivity index (χ1n) is 3.32. The monoisotopic (exact) mass is 136 g/mol. The van der Waals surface area contributed by atoms with Crippen molar-refractivity contribution in [2.24, 2.45) is 0 Å². The lowest BCUT2D eigenvalue weighted by molar-refractivity contribution is 1.04. The molecule has 2 N–H and O–H groups in total. The minimum Gasteiger partial charge on any atom is -0.380 e. The molecule has 1 aromatic heterocycles. The van der Waals surface area contributed by atoms with E-state index in [1.165, 1.54) is 6.07 Å². The van der Waals surface area contributed by atoms with Crippen molar-refractivity contribution in [1.82, 2.24) is 4.98 Å². The lowest BCUT2D eigenvalue weighted by Crippen LogP contribution is -2.05. The highest BCUT2D eigenvalue weighted by atomic mass is 16.1. The molecule has 0 saturated carbocycles. The predicted octanol–water partition coefficient (Wildman–Crippen LogP) is 0.343. The molecule has 0 amide bonds. The van der Waals surface area contributed by atoms with Crippen LogP contribution in [-0.2, 0) is 6.42 Å². The van der Waals surface area contributed by atoms with Gasteiger partial charge in [0.15, 0.2) is 0 Å². The van der Waals surface area contributed by atoms with Crippen LogP contribution in [0.3, 0.4) is 0 Å². The fourth-order valence-corrected chi connectivity index (χ4v) is 1.23. The molecular formula is C7H8N2O. The molecule has 1 aliphatic rings. The summed E-state index contributed by atoms with van der Waals surface area (Å²) < 4.78 is 0. The zero-order chi connectivity index (χ0) is 6.97. The number of pyridine rings is 1. The van der Waals surface area contributed by atoms with Crippen molar-refractivity contribution in [2.45, 2.75) is 6.42 Å². The molecule has 52 valence electrons. The second kappa shape index (κ2) is 1.87. The molecule has 2 heterocycles. The SMILES string of the molecule is O=c1cc[nH]c2c1NCC2. The van der Waals surface area contributed by atoms with Gasteiger partial charge in [0, 0.05) is 30.9 Å². The van der Waals surface area contributed by atoms with Crippen LogP contribution in [0.1, 0.15) is 5.69 Å². The topological polar surface area (TPSA) is 44.9 Å². The Balaban J connectivity index is 2.70. The molecular weight excluding hydrogens is 128 g/mol. The van der Waals surface area contributed by atoms with Crippen LogP contribution in [0.25, 0.3) is 0 Å². The van der Waals surface area contributed by atoms with Crippen molar-refractivity contribution in [2.75, 3.05) is 11.9 Å². The summed E-state index contributed by atoms with van der Waals surface area (Å²) in [5.74, 6) is 0. The summed E-state index contributed by atoms with van der Waals surface area (Å²) in [4.78, 5) is 14.1. The molecule has 0 aliphatic carbocycles. The van der Waals surface area contributed by atoms with Gasteiger partial charge in [-0.3, -0.25) is 4.79 Å². The van der Waals surface area contributed by atoms with Crippen molar-refractivity contribution in [3.05, 3.63) is 28.2 Å². The highest BCUT2D eigenvalue weighted by molar-refractivity contribution is 5.51. The van der Waals surface area contributed by atoms with E-state index in [1.54, 1.807) is 6.20 Å². The van der Waals surface area contributed by atoms with Crippen molar-refractivity contribution < 1.29 is 0 Å². The number of H-pyrrole nitrogens is 1. The van der Waals surface area contributed by atoms with Gasteiger partial charge in [0.1, 0.15) is 5.69 Å². The van der Waals surface area contributed by atoms with Gasteiger partial charge in [-0.05, 0) is 0 Å². The van der Waals surface area contributed by atoms with Gasteiger partial charge in [-0.15, -0.1) is 0 Å². The number of hydrogen-bond acceptors (Lipinski definition) is 2. The largest absolute Gasteiger partial charge is 0.380 e. The normalized spacial score (nSPS) is 14.4. The molecule has 1 aliphatic heterocycles. The van der Waals surface area contributed by atoms with E-state index in [0.717, 1.165) is 24.3 Å². The van der Waals surface area contributed by atoms with Gasteiger partial charge in [-0.1, -0.05) is 0 Å². The third kappa shape index (κ3) is 0.635. The standard InChI is InChI=1S/C7H8N2O/c10-6-2-4-8-5-1-3-9-7(5)6/h2,4,9H,1,3H2,(H,8,10).